The molecule has 0 spiro atoms. The van der Waals surface area contributed by atoms with Crippen molar-refractivity contribution in [2.45, 2.75) is 56.4 Å². The fraction of sp³-hybridized carbons (Fsp3) is 0.647. The van der Waals surface area contributed by atoms with Crippen LogP contribution in [0.1, 0.15) is 37.9 Å². The number of ether oxygens (including phenoxy) is 1. The van der Waals surface area contributed by atoms with E-state index in [0.717, 1.165) is 43.0 Å². The number of imidazole rings is 1. The zero-order valence-corrected chi connectivity index (χ0v) is 13.7. The zero-order valence-electron chi connectivity index (χ0n) is 12.9. The molecule has 2 unspecified atom stereocenters. The van der Waals surface area contributed by atoms with E-state index < -0.39 is 0 Å². The summed E-state index contributed by atoms with van der Waals surface area (Å²) in [4.78, 5) is 9.45. The highest BCUT2D eigenvalue weighted by Crippen LogP contribution is 2.29. The van der Waals surface area contributed by atoms with Crippen LogP contribution in [0, 0.1) is 0 Å². The van der Waals surface area contributed by atoms with Gasteiger partial charge in [-0.2, -0.15) is 11.8 Å². The molecule has 0 radical (unpaired) electrons. The predicted octanol–water partition coefficient (Wildman–Crippen LogP) is 3.44. The summed E-state index contributed by atoms with van der Waals surface area (Å²) in [5, 5.41) is 0.713. The molecule has 2 aliphatic heterocycles. The molecule has 0 bridgehead atoms. The largest absolute Gasteiger partial charge is 0.378 e. The molecule has 22 heavy (non-hydrogen) atoms. The first-order valence-corrected chi connectivity index (χ1v) is 9.48. The van der Waals surface area contributed by atoms with Crippen molar-refractivity contribution in [3.05, 3.63) is 24.2 Å². The fourth-order valence-corrected chi connectivity index (χ4v) is 4.77. The summed E-state index contributed by atoms with van der Waals surface area (Å²) in [6.07, 6.45) is 9.44. The van der Waals surface area contributed by atoms with Gasteiger partial charge in [0.1, 0.15) is 11.3 Å². The van der Waals surface area contributed by atoms with Gasteiger partial charge in [-0.25, -0.2) is 9.97 Å². The second-order valence-corrected chi connectivity index (χ2v) is 7.72. The Morgan fingerprint density at radius 2 is 2.27 bits per heavy atom. The summed E-state index contributed by atoms with van der Waals surface area (Å²) in [7, 11) is 0. The molecule has 0 aromatic carbocycles. The van der Waals surface area contributed by atoms with Gasteiger partial charge < -0.3 is 9.30 Å². The average molecular weight is 317 g/mol. The normalized spacial score (nSPS) is 25.8. The summed E-state index contributed by atoms with van der Waals surface area (Å²) in [6.45, 7) is 1.95. The van der Waals surface area contributed by atoms with Gasteiger partial charge in [0.05, 0.1) is 6.10 Å². The van der Waals surface area contributed by atoms with E-state index in [4.69, 9.17) is 9.72 Å². The molecular weight excluding hydrogens is 294 g/mol. The first kappa shape index (κ1) is 14.5. The fourth-order valence-electron chi connectivity index (χ4n) is 3.52. The second-order valence-electron chi connectivity index (χ2n) is 6.31. The minimum Gasteiger partial charge on any atom is -0.378 e. The van der Waals surface area contributed by atoms with Crippen molar-refractivity contribution in [1.29, 1.82) is 0 Å². The van der Waals surface area contributed by atoms with E-state index in [0.29, 0.717) is 11.4 Å². The van der Waals surface area contributed by atoms with Crippen LogP contribution in [0.15, 0.2) is 18.3 Å². The Hall–Kier alpha value is -1.07. The Bertz CT molecular complexity index is 630. The van der Waals surface area contributed by atoms with Crippen LogP contribution >= 0.6 is 11.8 Å². The number of aromatic nitrogens is 3. The lowest BCUT2D eigenvalue weighted by Crippen LogP contribution is -2.24. The van der Waals surface area contributed by atoms with Crippen LogP contribution in [0.2, 0.25) is 0 Å². The summed E-state index contributed by atoms with van der Waals surface area (Å²) < 4.78 is 8.28. The highest BCUT2D eigenvalue weighted by molar-refractivity contribution is 8.00. The number of thioether (sulfide) groups is 1. The van der Waals surface area contributed by atoms with Gasteiger partial charge in [-0.15, -0.1) is 0 Å². The van der Waals surface area contributed by atoms with Gasteiger partial charge in [-0.3, -0.25) is 0 Å². The quantitative estimate of drug-likeness (QED) is 0.866. The van der Waals surface area contributed by atoms with E-state index in [1.54, 1.807) is 0 Å². The van der Waals surface area contributed by atoms with E-state index in [1.807, 2.05) is 12.3 Å². The number of rotatable bonds is 4. The SMILES string of the molecule is c1cnc2c(c1)nc(CC1CCCCO1)n2CC1CCCS1. The van der Waals surface area contributed by atoms with Crippen LogP contribution in [0.3, 0.4) is 0 Å². The molecule has 118 valence electrons. The second kappa shape index (κ2) is 6.59. The number of fused-ring (bicyclic) bond motifs is 1. The summed E-state index contributed by atoms with van der Waals surface area (Å²) in [6, 6.07) is 4.05. The Morgan fingerprint density at radius 3 is 3.09 bits per heavy atom. The molecule has 0 amide bonds. The molecule has 4 nitrogen and oxygen atoms in total. The minimum atomic E-state index is 0.334. The van der Waals surface area contributed by atoms with Crippen molar-refractivity contribution in [2.24, 2.45) is 0 Å². The molecular formula is C17H23N3OS. The molecule has 0 aliphatic carbocycles. The Labute approximate surface area is 135 Å². The lowest BCUT2D eigenvalue weighted by Gasteiger charge is -2.23. The van der Waals surface area contributed by atoms with Crippen LogP contribution in [0.25, 0.3) is 11.2 Å². The van der Waals surface area contributed by atoms with Crippen molar-refractivity contribution >= 4 is 22.9 Å². The summed E-state index contributed by atoms with van der Waals surface area (Å²) in [5.41, 5.74) is 2.07. The Balaban J connectivity index is 1.62. The van der Waals surface area contributed by atoms with Crippen LogP contribution < -0.4 is 0 Å². The van der Waals surface area contributed by atoms with Crippen molar-refractivity contribution in [3.8, 4) is 0 Å². The van der Waals surface area contributed by atoms with Crippen molar-refractivity contribution < 1.29 is 4.74 Å². The molecule has 2 saturated heterocycles. The Morgan fingerprint density at radius 1 is 1.27 bits per heavy atom. The molecule has 4 rings (SSSR count). The first-order chi connectivity index (χ1) is 10.9. The smallest absolute Gasteiger partial charge is 0.160 e. The maximum atomic E-state index is 5.92. The minimum absolute atomic E-state index is 0.334. The summed E-state index contributed by atoms with van der Waals surface area (Å²) >= 11 is 2.10. The van der Waals surface area contributed by atoms with Gasteiger partial charge in [0.25, 0.3) is 0 Å². The average Bonchev–Trinajstić information content (AvgIpc) is 3.18. The molecule has 5 heteroatoms. The Kier molecular flexibility index (Phi) is 4.35. The lowest BCUT2D eigenvalue weighted by molar-refractivity contribution is 0.0152. The van der Waals surface area contributed by atoms with Crippen LogP contribution in [0.5, 0.6) is 0 Å². The monoisotopic (exact) mass is 317 g/mol. The van der Waals surface area contributed by atoms with Crippen LogP contribution in [-0.2, 0) is 17.7 Å². The molecule has 2 aromatic heterocycles. The van der Waals surface area contributed by atoms with Gasteiger partial charge in [-0.1, -0.05) is 0 Å². The third kappa shape index (κ3) is 3.01. The molecule has 2 fully saturated rings. The van der Waals surface area contributed by atoms with Gasteiger partial charge >= 0.3 is 0 Å². The highest BCUT2D eigenvalue weighted by atomic mass is 32.2. The van der Waals surface area contributed by atoms with Crippen molar-refractivity contribution in [3.63, 3.8) is 0 Å². The van der Waals surface area contributed by atoms with E-state index in [2.05, 4.69) is 27.4 Å². The van der Waals surface area contributed by atoms with Crippen LogP contribution in [-0.4, -0.2) is 38.2 Å². The van der Waals surface area contributed by atoms with Crippen molar-refractivity contribution in [1.82, 2.24) is 14.5 Å². The maximum absolute atomic E-state index is 5.92. The molecule has 0 saturated carbocycles. The lowest BCUT2D eigenvalue weighted by atomic mass is 10.1. The van der Waals surface area contributed by atoms with E-state index in [9.17, 15) is 0 Å². The van der Waals surface area contributed by atoms with Gasteiger partial charge in [-0.05, 0) is 50.0 Å². The predicted molar refractivity (Wildman–Crippen MR) is 90.3 cm³/mol. The standard InChI is InChI=1S/C17H23N3OS/c1-2-9-21-13(5-1)11-16-19-15-7-3-8-18-17(15)20(16)12-14-6-4-10-22-14/h3,7-8,13-14H,1-2,4-6,9-12H2. The number of hydrogen-bond donors (Lipinski definition) is 0. The van der Waals surface area contributed by atoms with E-state index in [1.165, 1.54) is 31.4 Å². The third-order valence-corrected chi connectivity index (χ3v) is 6.06. The zero-order chi connectivity index (χ0) is 14.8. The number of pyridine rings is 1. The molecule has 4 heterocycles. The molecule has 2 aliphatic rings. The maximum Gasteiger partial charge on any atom is 0.160 e. The number of nitrogens with zero attached hydrogens (tertiary/aromatic N) is 3. The van der Waals surface area contributed by atoms with Crippen LogP contribution in [0.4, 0.5) is 0 Å². The topological polar surface area (TPSA) is 39.9 Å². The number of hydrogen-bond acceptors (Lipinski definition) is 4. The molecule has 2 atom stereocenters. The van der Waals surface area contributed by atoms with Gasteiger partial charge in [0.2, 0.25) is 0 Å². The summed E-state index contributed by atoms with van der Waals surface area (Å²) in [5.74, 6) is 2.46. The molecule has 0 N–H and O–H groups in total. The van der Waals surface area contributed by atoms with E-state index in [-0.39, 0.29) is 0 Å². The van der Waals surface area contributed by atoms with Gasteiger partial charge in [0, 0.05) is 31.0 Å². The first-order valence-electron chi connectivity index (χ1n) is 8.43. The van der Waals surface area contributed by atoms with Gasteiger partial charge in [0.15, 0.2) is 5.65 Å². The third-order valence-electron chi connectivity index (χ3n) is 4.68. The van der Waals surface area contributed by atoms with Crippen molar-refractivity contribution in [2.75, 3.05) is 12.4 Å². The van der Waals surface area contributed by atoms with E-state index >= 15 is 0 Å². The molecule has 2 aromatic rings. The highest BCUT2D eigenvalue weighted by Gasteiger charge is 2.23.